The van der Waals surface area contributed by atoms with Crippen LogP contribution in [0.15, 0.2) is 23.3 Å². The Morgan fingerprint density at radius 1 is 1.32 bits per heavy atom. The lowest BCUT2D eigenvalue weighted by Crippen LogP contribution is -2.12. The number of nitrogens with one attached hydrogen (secondary N) is 1. The summed E-state index contributed by atoms with van der Waals surface area (Å²) < 4.78 is 9.51. The van der Waals surface area contributed by atoms with E-state index in [1.807, 2.05) is 0 Å². The third kappa shape index (κ3) is 2.44. The van der Waals surface area contributed by atoms with Gasteiger partial charge in [0.2, 0.25) is 0 Å². The lowest BCUT2D eigenvalue weighted by molar-refractivity contribution is -0.131. The molecule has 2 rings (SSSR count). The van der Waals surface area contributed by atoms with Crippen LogP contribution in [0.3, 0.4) is 0 Å². The van der Waals surface area contributed by atoms with Crippen molar-refractivity contribution in [3.8, 4) is 5.75 Å². The second-order valence-electron chi connectivity index (χ2n) is 3.68. The fourth-order valence-electron chi connectivity index (χ4n) is 1.60. The summed E-state index contributed by atoms with van der Waals surface area (Å²) in [6, 6.07) is 2.63. The Morgan fingerprint density at radius 2 is 2.05 bits per heavy atom. The molecule has 0 amide bonds. The molecular formula is C12H10N2O5. The zero-order chi connectivity index (χ0) is 14.0. The standard InChI is InChI=1S/C12H10N2O5/c1-6(15)19-10-4-9-7(11(16)14-5-13-9)3-8(10)12(17)18-2/h3-5H,1-2H3,(H,13,14,16). The Balaban J connectivity index is 2.73. The lowest BCUT2D eigenvalue weighted by Gasteiger charge is -2.08. The maximum Gasteiger partial charge on any atom is 0.341 e. The molecule has 1 aromatic carbocycles. The van der Waals surface area contributed by atoms with Gasteiger partial charge in [-0.15, -0.1) is 0 Å². The molecule has 1 aromatic heterocycles. The van der Waals surface area contributed by atoms with E-state index in [0.29, 0.717) is 5.52 Å². The van der Waals surface area contributed by atoms with E-state index < -0.39 is 17.5 Å². The Kier molecular flexibility index (Phi) is 3.28. The Bertz CT molecular complexity index is 720. The number of H-pyrrole nitrogens is 1. The topological polar surface area (TPSA) is 98.4 Å². The maximum atomic E-state index is 11.6. The molecule has 0 radical (unpaired) electrons. The molecule has 0 fully saturated rings. The number of carbonyl (C=O) groups is 2. The van der Waals surface area contributed by atoms with Gasteiger partial charge in [0.15, 0.2) is 0 Å². The summed E-state index contributed by atoms with van der Waals surface area (Å²) in [7, 11) is 1.19. The van der Waals surface area contributed by atoms with Crippen LogP contribution in [0.2, 0.25) is 0 Å². The van der Waals surface area contributed by atoms with Crippen LogP contribution in [-0.2, 0) is 9.53 Å². The van der Waals surface area contributed by atoms with Crippen LogP contribution in [0, 0.1) is 0 Å². The van der Waals surface area contributed by atoms with Crippen molar-refractivity contribution < 1.29 is 19.1 Å². The molecular weight excluding hydrogens is 252 g/mol. The Labute approximate surface area is 107 Å². The second-order valence-corrected chi connectivity index (χ2v) is 3.68. The number of benzene rings is 1. The highest BCUT2D eigenvalue weighted by Gasteiger charge is 2.17. The van der Waals surface area contributed by atoms with Crippen LogP contribution in [0.5, 0.6) is 5.75 Å². The SMILES string of the molecule is COC(=O)c1cc2c(=O)[nH]cnc2cc1OC(C)=O. The summed E-state index contributed by atoms with van der Waals surface area (Å²) in [4.78, 5) is 40.6. The quantitative estimate of drug-likeness (QED) is 0.629. The molecule has 0 spiro atoms. The van der Waals surface area contributed by atoms with Gasteiger partial charge in [-0.25, -0.2) is 9.78 Å². The molecule has 0 unspecified atom stereocenters. The predicted octanol–water partition coefficient (Wildman–Crippen LogP) is 0.635. The van der Waals surface area contributed by atoms with Crippen LogP contribution in [-0.4, -0.2) is 29.0 Å². The Hall–Kier alpha value is -2.70. The number of methoxy groups -OCH3 is 1. The van der Waals surface area contributed by atoms with Gasteiger partial charge in [0.25, 0.3) is 5.56 Å². The number of hydrogen-bond donors (Lipinski definition) is 1. The number of rotatable bonds is 2. The van der Waals surface area contributed by atoms with Gasteiger partial charge >= 0.3 is 11.9 Å². The number of ether oxygens (including phenoxy) is 2. The summed E-state index contributed by atoms with van der Waals surface area (Å²) in [5, 5.41) is 0.207. The molecule has 2 aromatic rings. The Morgan fingerprint density at radius 3 is 2.68 bits per heavy atom. The zero-order valence-corrected chi connectivity index (χ0v) is 10.2. The minimum atomic E-state index is -0.707. The van der Waals surface area contributed by atoms with Crippen LogP contribution in [0.4, 0.5) is 0 Å². The van der Waals surface area contributed by atoms with E-state index in [1.54, 1.807) is 0 Å². The highest BCUT2D eigenvalue weighted by atomic mass is 16.5. The first-order valence-electron chi connectivity index (χ1n) is 5.31. The zero-order valence-electron chi connectivity index (χ0n) is 10.2. The van der Waals surface area contributed by atoms with Crippen LogP contribution < -0.4 is 10.3 Å². The monoisotopic (exact) mass is 262 g/mol. The molecule has 1 N–H and O–H groups in total. The molecule has 0 aliphatic heterocycles. The van der Waals surface area contributed by atoms with Gasteiger partial charge in [-0.05, 0) is 6.07 Å². The third-order valence-electron chi connectivity index (χ3n) is 2.40. The molecule has 0 bridgehead atoms. The van der Waals surface area contributed by atoms with E-state index in [9.17, 15) is 14.4 Å². The first-order chi connectivity index (χ1) is 9.02. The number of aromatic amines is 1. The number of aromatic nitrogens is 2. The van der Waals surface area contributed by atoms with Crippen LogP contribution in [0.25, 0.3) is 10.9 Å². The van der Waals surface area contributed by atoms with E-state index in [-0.39, 0.29) is 16.7 Å². The van der Waals surface area contributed by atoms with E-state index >= 15 is 0 Å². The highest BCUT2D eigenvalue weighted by Crippen LogP contribution is 2.24. The van der Waals surface area contributed by atoms with Gasteiger partial charge in [0.1, 0.15) is 11.3 Å². The van der Waals surface area contributed by atoms with Crippen molar-refractivity contribution in [1.82, 2.24) is 9.97 Å². The predicted molar refractivity (Wildman–Crippen MR) is 65.0 cm³/mol. The molecule has 0 aliphatic carbocycles. The normalized spacial score (nSPS) is 10.2. The van der Waals surface area contributed by atoms with Crippen molar-refractivity contribution in [2.45, 2.75) is 6.92 Å². The summed E-state index contributed by atoms with van der Waals surface area (Å²) >= 11 is 0. The molecule has 1 heterocycles. The van der Waals surface area contributed by atoms with Crippen molar-refractivity contribution in [1.29, 1.82) is 0 Å². The highest BCUT2D eigenvalue weighted by molar-refractivity contribution is 5.98. The third-order valence-corrected chi connectivity index (χ3v) is 2.40. The largest absolute Gasteiger partial charge is 0.465 e. The average molecular weight is 262 g/mol. The van der Waals surface area contributed by atoms with Crippen molar-refractivity contribution in [3.05, 3.63) is 34.4 Å². The average Bonchev–Trinajstić information content (AvgIpc) is 2.37. The fourth-order valence-corrected chi connectivity index (χ4v) is 1.60. The van der Waals surface area contributed by atoms with Crippen LogP contribution in [0.1, 0.15) is 17.3 Å². The number of nitrogens with zero attached hydrogens (tertiary/aromatic N) is 1. The van der Waals surface area contributed by atoms with E-state index in [4.69, 9.17) is 4.74 Å². The molecule has 0 saturated carbocycles. The lowest BCUT2D eigenvalue weighted by atomic mass is 10.1. The molecule has 0 aliphatic rings. The number of fused-ring (bicyclic) bond motifs is 1. The fraction of sp³-hybridized carbons (Fsp3) is 0.167. The van der Waals surface area contributed by atoms with Gasteiger partial charge in [-0.1, -0.05) is 0 Å². The maximum absolute atomic E-state index is 11.6. The molecule has 7 nitrogen and oxygen atoms in total. The van der Waals surface area contributed by atoms with Crippen molar-refractivity contribution in [2.24, 2.45) is 0 Å². The smallest absolute Gasteiger partial charge is 0.341 e. The number of hydrogen-bond acceptors (Lipinski definition) is 6. The first-order valence-corrected chi connectivity index (χ1v) is 5.31. The van der Waals surface area contributed by atoms with E-state index in [0.717, 1.165) is 0 Å². The van der Waals surface area contributed by atoms with Gasteiger partial charge in [0, 0.05) is 13.0 Å². The molecule has 7 heteroatoms. The van der Waals surface area contributed by atoms with E-state index in [1.165, 1.54) is 32.5 Å². The molecule has 98 valence electrons. The molecule has 0 atom stereocenters. The summed E-state index contributed by atoms with van der Waals surface area (Å²) in [6.45, 7) is 1.20. The van der Waals surface area contributed by atoms with Gasteiger partial charge in [-0.3, -0.25) is 9.59 Å². The van der Waals surface area contributed by atoms with Gasteiger partial charge in [-0.2, -0.15) is 0 Å². The van der Waals surface area contributed by atoms with Crippen molar-refractivity contribution in [3.63, 3.8) is 0 Å². The van der Waals surface area contributed by atoms with E-state index in [2.05, 4.69) is 14.7 Å². The van der Waals surface area contributed by atoms with Gasteiger partial charge in [0.05, 0.1) is 24.3 Å². The number of carbonyl (C=O) groups excluding carboxylic acids is 2. The minimum absolute atomic E-state index is 0.00458. The minimum Gasteiger partial charge on any atom is -0.465 e. The van der Waals surface area contributed by atoms with Crippen molar-refractivity contribution in [2.75, 3.05) is 7.11 Å². The van der Waals surface area contributed by atoms with Crippen molar-refractivity contribution >= 4 is 22.8 Å². The van der Waals surface area contributed by atoms with Crippen LogP contribution >= 0.6 is 0 Å². The summed E-state index contributed by atoms with van der Waals surface area (Å²) in [6.07, 6.45) is 1.22. The summed E-state index contributed by atoms with van der Waals surface area (Å²) in [5.41, 5.74) is -0.0964. The second kappa shape index (κ2) is 4.89. The first kappa shape index (κ1) is 12.7. The number of esters is 2. The molecule has 19 heavy (non-hydrogen) atoms. The molecule has 0 saturated heterocycles. The summed E-state index contributed by atoms with van der Waals surface area (Å²) in [5.74, 6) is -1.29. The van der Waals surface area contributed by atoms with Gasteiger partial charge < -0.3 is 14.5 Å².